The highest BCUT2D eigenvalue weighted by atomic mass is 79.9. The zero-order valence-electron chi connectivity index (χ0n) is 8.51. The first-order chi connectivity index (χ1) is 6.85. The molecule has 0 amide bonds. The van der Waals surface area contributed by atoms with Crippen molar-refractivity contribution in [1.82, 2.24) is 4.90 Å². The van der Waals surface area contributed by atoms with Crippen molar-refractivity contribution in [2.24, 2.45) is 5.41 Å². The van der Waals surface area contributed by atoms with Crippen molar-refractivity contribution in [2.45, 2.75) is 19.3 Å². The quantitative estimate of drug-likeness (QED) is 0.581. The van der Waals surface area contributed by atoms with E-state index in [4.69, 9.17) is 0 Å². The van der Waals surface area contributed by atoms with Crippen LogP contribution in [-0.4, -0.2) is 41.4 Å². The fraction of sp³-hybridized carbons (Fsp3) is 1.00. The van der Waals surface area contributed by atoms with Gasteiger partial charge in [-0.2, -0.15) is 0 Å². The summed E-state index contributed by atoms with van der Waals surface area (Å²) >= 11 is 3.69. The topological polar surface area (TPSA) is 3.24 Å². The van der Waals surface area contributed by atoms with Gasteiger partial charge in [0.25, 0.3) is 0 Å². The zero-order valence-corrected chi connectivity index (χ0v) is 11.7. The number of rotatable bonds is 3. The van der Waals surface area contributed by atoms with E-state index in [-0.39, 0.29) is 0 Å². The number of alkyl halides is 1. The molecule has 4 heteroatoms. The lowest BCUT2D eigenvalue weighted by Crippen LogP contribution is -2.44. The normalized spacial score (nSPS) is 28.1. The summed E-state index contributed by atoms with van der Waals surface area (Å²) in [5.41, 5.74) is 0.639. The Hall–Kier alpha value is 1.14. The van der Waals surface area contributed by atoms with Crippen molar-refractivity contribution in [3.8, 4) is 0 Å². The second kappa shape index (κ2) is 5.46. The Bertz CT molecular complexity index is 171. The molecule has 0 radical (unpaired) electrons. The molecule has 14 heavy (non-hydrogen) atoms. The maximum Gasteiger partial charge on any atom is 0.0165 e. The van der Waals surface area contributed by atoms with Gasteiger partial charge in [0.1, 0.15) is 0 Å². The van der Waals surface area contributed by atoms with E-state index < -0.39 is 0 Å². The Balaban J connectivity index is 1.82. The predicted molar refractivity (Wildman–Crippen MR) is 71.4 cm³/mol. The molecule has 0 atom stereocenters. The molecule has 1 saturated heterocycles. The standard InChI is InChI=1S/C10H18BrNS2/c11-8-10(2-1-3-10)9-12-4-6-13-14-7-5-12/h1-9H2. The Morgan fingerprint density at radius 3 is 2.21 bits per heavy atom. The maximum absolute atomic E-state index is 3.69. The SMILES string of the molecule is BrCC1(CN2CCSSCC2)CCC1. The fourth-order valence-corrected chi connectivity index (χ4v) is 5.00. The van der Waals surface area contributed by atoms with Crippen LogP contribution >= 0.6 is 37.5 Å². The third kappa shape index (κ3) is 2.83. The molecule has 2 fully saturated rings. The van der Waals surface area contributed by atoms with Crippen LogP contribution in [0.25, 0.3) is 0 Å². The Morgan fingerprint density at radius 2 is 1.79 bits per heavy atom. The summed E-state index contributed by atoms with van der Waals surface area (Å²) in [4.78, 5) is 2.67. The van der Waals surface area contributed by atoms with Crippen molar-refractivity contribution < 1.29 is 0 Å². The van der Waals surface area contributed by atoms with E-state index in [0.717, 1.165) is 0 Å². The van der Waals surface area contributed by atoms with Crippen LogP contribution in [0.5, 0.6) is 0 Å². The van der Waals surface area contributed by atoms with Gasteiger partial charge in [-0.15, -0.1) is 0 Å². The number of hydrogen-bond acceptors (Lipinski definition) is 3. The van der Waals surface area contributed by atoms with Gasteiger partial charge in [-0.1, -0.05) is 43.9 Å². The predicted octanol–water partition coefficient (Wildman–Crippen LogP) is 3.25. The molecule has 1 aliphatic carbocycles. The van der Waals surface area contributed by atoms with E-state index >= 15 is 0 Å². The Kier molecular flexibility index (Phi) is 4.53. The first kappa shape index (κ1) is 11.6. The van der Waals surface area contributed by atoms with E-state index in [1.807, 2.05) is 21.6 Å². The summed E-state index contributed by atoms with van der Waals surface area (Å²) in [7, 11) is 4.08. The zero-order chi connectivity index (χ0) is 9.86. The van der Waals surface area contributed by atoms with Crippen LogP contribution in [0.1, 0.15) is 19.3 Å². The van der Waals surface area contributed by atoms with E-state index in [1.54, 1.807) is 0 Å². The molecule has 1 nitrogen and oxygen atoms in total. The van der Waals surface area contributed by atoms with Gasteiger partial charge < -0.3 is 4.90 Å². The van der Waals surface area contributed by atoms with E-state index in [0.29, 0.717) is 5.41 Å². The minimum absolute atomic E-state index is 0.639. The molecule has 0 aromatic heterocycles. The first-order valence-corrected chi connectivity index (χ1v) is 8.98. The molecule has 0 bridgehead atoms. The average Bonchev–Trinajstić information content (AvgIpc) is 2.39. The molecule has 0 aromatic rings. The van der Waals surface area contributed by atoms with E-state index in [9.17, 15) is 0 Å². The molecule has 0 N–H and O–H groups in total. The molecular weight excluding hydrogens is 278 g/mol. The lowest BCUT2D eigenvalue weighted by molar-refractivity contribution is 0.0989. The third-order valence-electron chi connectivity index (χ3n) is 3.32. The molecule has 1 saturated carbocycles. The van der Waals surface area contributed by atoms with Crippen LogP contribution in [-0.2, 0) is 0 Å². The lowest BCUT2D eigenvalue weighted by atomic mass is 9.70. The summed E-state index contributed by atoms with van der Waals surface area (Å²) in [5.74, 6) is 2.62. The number of hydrogen-bond donors (Lipinski definition) is 0. The van der Waals surface area contributed by atoms with Crippen LogP contribution in [0.2, 0.25) is 0 Å². The molecule has 2 aliphatic rings. The minimum atomic E-state index is 0.639. The molecule has 0 unspecified atom stereocenters. The van der Waals surface area contributed by atoms with Crippen molar-refractivity contribution in [2.75, 3.05) is 36.5 Å². The number of nitrogens with zero attached hydrogens (tertiary/aromatic N) is 1. The maximum atomic E-state index is 3.69. The van der Waals surface area contributed by atoms with E-state index in [1.165, 1.54) is 55.7 Å². The number of halogens is 1. The van der Waals surface area contributed by atoms with Gasteiger partial charge in [0.05, 0.1) is 0 Å². The van der Waals surface area contributed by atoms with Crippen molar-refractivity contribution in [3.63, 3.8) is 0 Å². The van der Waals surface area contributed by atoms with Gasteiger partial charge in [0.2, 0.25) is 0 Å². The van der Waals surface area contributed by atoms with Crippen LogP contribution in [0.3, 0.4) is 0 Å². The first-order valence-electron chi connectivity index (χ1n) is 5.37. The largest absolute Gasteiger partial charge is 0.301 e. The van der Waals surface area contributed by atoms with Gasteiger partial charge in [-0.3, -0.25) is 0 Å². The third-order valence-corrected chi connectivity index (χ3v) is 6.88. The van der Waals surface area contributed by atoms with Crippen LogP contribution in [0, 0.1) is 5.41 Å². The summed E-state index contributed by atoms with van der Waals surface area (Å²) in [5, 5.41) is 1.21. The van der Waals surface area contributed by atoms with Crippen molar-refractivity contribution in [3.05, 3.63) is 0 Å². The van der Waals surface area contributed by atoms with Crippen molar-refractivity contribution >= 4 is 37.5 Å². The highest BCUT2D eigenvalue weighted by Gasteiger charge is 2.37. The van der Waals surface area contributed by atoms with Gasteiger partial charge in [0, 0.05) is 36.5 Å². The molecule has 2 rings (SSSR count). The van der Waals surface area contributed by atoms with Crippen molar-refractivity contribution in [1.29, 1.82) is 0 Å². The summed E-state index contributed by atoms with van der Waals surface area (Å²) in [6.07, 6.45) is 4.33. The summed E-state index contributed by atoms with van der Waals surface area (Å²) in [6, 6.07) is 0. The van der Waals surface area contributed by atoms with Gasteiger partial charge >= 0.3 is 0 Å². The smallest absolute Gasteiger partial charge is 0.0165 e. The molecule has 82 valence electrons. The highest BCUT2D eigenvalue weighted by Crippen LogP contribution is 2.43. The van der Waals surface area contributed by atoms with Gasteiger partial charge in [0.15, 0.2) is 0 Å². The van der Waals surface area contributed by atoms with E-state index in [2.05, 4.69) is 20.8 Å². The van der Waals surface area contributed by atoms with Crippen LogP contribution < -0.4 is 0 Å². The second-order valence-electron chi connectivity index (χ2n) is 4.41. The molecule has 1 heterocycles. The minimum Gasteiger partial charge on any atom is -0.301 e. The molecule has 1 aliphatic heterocycles. The Morgan fingerprint density at radius 1 is 1.14 bits per heavy atom. The monoisotopic (exact) mass is 295 g/mol. The molecular formula is C10H18BrNS2. The summed E-state index contributed by atoms with van der Waals surface area (Å²) < 4.78 is 0. The highest BCUT2D eigenvalue weighted by molar-refractivity contribution is 9.09. The Labute approximate surface area is 103 Å². The second-order valence-corrected chi connectivity index (χ2v) is 7.67. The van der Waals surface area contributed by atoms with Crippen LogP contribution in [0.15, 0.2) is 0 Å². The average molecular weight is 296 g/mol. The van der Waals surface area contributed by atoms with Crippen LogP contribution in [0.4, 0.5) is 0 Å². The lowest BCUT2D eigenvalue weighted by Gasteiger charge is -2.43. The molecule has 0 spiro atoms. The fourth-order valence-electron chi connectivity index (χ4n) is 2.21. The van der Waals surface area contributed by atoms with Gasteiger partial charge in [-0.05, 0) is 18.3 Å². The van der Waals surface area contributed by atoms with Gasteiger partial charge in [-0.25, -0.2) is 0 Å². The summed E-state index contributed by atoms with van der Waals surface area (Å²) in [6.45, 7) is 3.93. The molecule has 0 aromatic carbocycles.